The van der Waals surface area contributed by atoms with Crippen LogP contribution in [0.3, 0.4) is 0 Å². The molecule has 0 saturated heterocycles. The number of carbonyl (C=O) groups is 1. The van der Waals surface area contributed by atoms with Crippen molar-refractivity contribution in [2.24, 2.45) is 0 Å². The Labute approximate surface area is 159 Å². The van der Waals surface area contributed by atoms with Crippen molar-refractivity contribution < 1.29 is 4.79 Å². The van der Waals surface area contributed by atoms with Crippen molar-refractivity contribution in [3.63, 3.8) is 0 Å². The fraction of sp³-hybridized carbons (Fsp3) is 0.118. The maximum absolute atomic E-state index is 12.1. The zero-order chi connectivity index (χ0) is 17.6. The molecule has 3 rings (SSSR count). The lowest BCUT2D eigenvalue weighted by atomic mass is 10.2. The van der Waals surface area contributed by atoms with Crippen LogP contribution < -0.4 is 5.32 Å². The van der Waals surface area contributed by atoms with Gasteiger partial charge in [-0.2, -0.15) is 0 Å². The molecule has 8 heteroatoms. The van der Waals surface area contributed by atoms with Crippen LogP contribution in [0.1, 0.15) is 10.4 Å². The van der Waals surface area contributed by atoms with Crippen molar-refractivity contribution in [1.29, 1.82) is 0 Å². The van der Waals surface area contributed by atoms with Crippen molar-refractivity contribution in [2.75, 3.05) is 12.3 Å². The van der Waals surface area contributed by atoms with E-state index in [-0.39, 0.29) is 5.91 Å². The molecule has 2 N–H and O–H groups in total. The predicted molar refractivity (Wildman–Crippen MR) is 101 cm³/mol. The Morgan fingerprint density at radius 3 is 2.72 bits per heavy atom. The SMILES string of the molecule is O=C(NCCSc1n[nH]c(-c2ccccc2)n1)c1ccc(Cl)cc1Cl. The number of nitrogens with one attached hydrogen (secondary N) is 2. The fourth-order valence-electron chi connectivity index (χ4n) is 2.11. The van der Waals surface area contributed by atoms with Gasteiger partial charge in [0.05, 0.1) is 10.6 Å². The van der Waals surface area contributed by atoms with E-state index in [9.17, 15) is 4.79 Å². The van der Waals surface area contributed by atoms with Gasteiger partial charge in [-0.1, -0.05) is 65.3 Å². The molecule has 0 atom stereocenters. The van der Waals surface area contributed by atoms with E-state index < -0.39 is 0 Å². The first kappa shape index (κ1) is 17.8. The first-order valence-corrected chi connectivity index (χ1v) is 9.21. The largest absolute Gasteiger partial charge is 0.351 e. The molecule has 0 saturated carbocycles. The standard InChI is InChI=1S/C17H14Cl2N4OS/c18-12-6-7-13(14(19)10-12)16(24)20-8-9-25-17-21-15(22-23-17)11-4-2-1-3-5-11/h1-7,10H,8-9H2,(H,20,24)(H,21,22,23). The summed E-state index contributed by atoms with van der Waals surface area (Å²) in [5.74, 6) is 1.13. The van der Waals surface area contributed by atoms with E-state index in [1.807, 2.05) is 30.3 Å². The molecule has 5 nitrogen and oxygen atoms in total. The van der Waals surface area contributed by atoms with Crippen LogP contribution in [0.15, 0.2) is 53.7 Å². The Hall–Kier alpha value is -2.02. The van der Waals surface area contributed by atoms with E-state index in [1.165, 1.54) is 11.8 Å². The minimum Gasteiger partial charge on any atom is -0.351 e. The third kappa shape index (κ3) is 4.75. The van der Waals surface area contributed by atoms with Gasteiger partial charge in [0.1, 0.15) is 0 Å². The molecule has 1 amide bonds. The monoisotopic (exact) mass is 392 g/mol. The molecule has 0 fully saturated rings. The quantitative estimate of drug-likeness (QED) is 0.484. The number of aromatic amines is 1. The fourth-order valence-corrected chi connectivity index (χ4v) is 3.26. The summed E-state index contributed by atoms with van der Waals surface area (Å²) in [6.45, 7) is 0.470. The number of rotatable bonds is 6. The second-order valence-electron chi connectivity index (χ2n) is 5.06. The third-order valence-electron chi connectivity index (χ3n) is 3.31. The average Bonchev–Trinajstić information content (AvgIpc) is 3.08. The van der Waals surface area contributed by atoms with E-state index in [0.29, 0.717) is 33.1 Å². The molecule has 0 radical (unpaired) electrons. The zero-order valence-corrected chi connectivity index (χ0v) is 15.3. The van der Waals surface area contributed by atoms with E-state index in [1.54, 1.807) is 18.2 Å². The molecule has 1 aromatic heterocycles. The third-order valence-corrected chi connectivity index (χ3v) is 4.70. The van der Waals surface area contributed by atoms with Gasteiger partial charge in [0, 0.05) is 22.9 Å². The summed E-state index contributed by atoms with van der Waals surface area (Å²) in [5.41, 5.74) is 1.38. The molecule has 0 aliphatic carbocycles. The number of amides is 1. The number of hydrogen-bond donors (Lipinski definition) is 2. The smallest absolute Gasteiger partial charge is 0.252 e. The van der Waals surface area contributed by atoms with Crippen LogP contribution in [0.5, 0.6) is 0 Å². The average molecular weight is 393 g/mol. The summed E-state index contributed by atoms with van der Waals surface area (Å²) in [7, 11) is 0. The zero-order valence-electron chi connectivity index (χ0n) is 13.0. The number of nitrogens with zero attached hydrogens (tertiary/aromatic N) is 2. The first-order valence-electron chi connectivity index (χ1n) is 7.47. The normalized spacial score (nSPS) is 10.6. The van der Waals surface area contributed by atoms with Gasteiger partial charge in [-0.15, -0.1) is 5.10 Å². The van der Waals surface area contributed by atoms with Gasteiger partial charge in [0.25, 0.3) is 5.91 Å². The Balaban J connectivity index is 1.49. The molecular weight excluding hydrogens is 379 g/mol. The second kappa shape index (κ2) is 8.38. The highest BCUT2D eigenvalue weighted by molar-refractivity contribution is 7.99. The molecule has 1 heterocycles. The molecule has 3 aromatic rings. The molecule has 25 heavy (non-hydrogen) atoms. The number of aromatic nitrogens is 3. The minimum absolute atomic E-state index is 0.234. The molecule has 0 aliphatic heterocycles. The van der Waals surface area contributed by atoms with E-state index in [4.69, 9.17) is 23.2 Å². The molecule has 0 spiro atoms. The molecule has 0 aliphatic rings. The maximum atomic E-state index is 12.1. The highest BCUT2D eigenvalue weighted by Crippen LogP contribution is 2.21. The molecular formula is C17H14Cl2N4OS. The van der Waals surface area contributed by atoms with Gasteiger partial charge < -0.3 is 5.32 Å². The Morgan fingerprint density at radius 1 is 1.16 bits per heavy atom. The number of hydrogen-bond acceptors (Lipinski definition) is 4. The van der Waals surface area contributed by atoms with Crippen LogP contribution in [-0.2, 0) is 0 Å². The van der Waals surface area contributed by atoms with Crippen molar-refractivity contribution in [2.45, 2.75) is 5.16 Å². The van der Waals surface area contributed by atoms with Crippen LogP contribution in [0.4, 0.5) is 0 Å². The Bertz CT molecular complexity index is 870. The van der Waals surface area contributed by atoms with Gasteiger partial charge in [0.15, 0.2) is 5.82 Å². The molecule has 2 aromatic carbocycles. The predicted octanol–water partition coefficient (Wildman–Crippen LogP) is 4.30. The van der Waals surface area contributed by atoms with Gasteiger partial charge in [-0.05, 0) is 18.2 Å². The lowest BCUT2D eigenvalue weighted by Gasteiger charge is -2.06. The summed E-state index contributed by atoms with van der Waals surface area (Å²) < 4.78 is 0. The molecule has 128 valence electrons. The van der Waals surface area contributed by atoms with Crippen molar-refractivity contribution >= 4 is 40.9 Å². The lowest BCUT2D eigenvalue weighted by molar-refractivity contribution is 0.0956. The van der Waals surface area contributed by atoms with Crippen LogP contribution in [0.25, 0.3) is 11.4 Å². The summed E-state index contributed by atoms with van der Waals surface area (Å²) >= 11 is 13.3. The number of carbonyl (C=O) groups excluding carboxylic acids is 1. The van der Waals surface area contributed by atoms with Crippen LogP contribution in [0.2, 0.25) is 10.0 Å². The summed E-state index contributed by atoms with van der Waals surface area (Å²) in [4.78, 5) is 16.5. The van der Waals surface area contributed by atoms with Crippen molar-refractivity contribution in [3.8, 4) is 11.4 Å². The second-order valence-corrected chi connectivity index (χ2v) is 6.97. The molecule has 0 bridgehead atoms. The summed E-state index contributed by atoms with van der Waals surface area (Å²) in [5, 5.41) is 11.4. The maximum Gasteiger partial charge on any atom is 0.252 e. The van der Waals surface area contributed by atoms with Gasteiger partial charge >= 0.3 is 0 Å². The molecule has 0 unspecified atom stereocenters. The summed E-state index contributed by atoms with van der Waals surface area (Å²) in [6, 6.07) is 14.6. The van der Waals surface area contributed by atoms with Crippen molar-refractivity contribution in [3.05, 3.63) is 64.1 Å². The van der Waals surface area contributed by atoms with Gasteiger partial charge in [-0.3, -0.25) is 9.89 Å². The first-order chi connectivity index (χ1) is 12.1. The van der Waals surface area contributed by atoms with E-state index in [0.717, 1.165) is 11.4 Å². The topological polar surface area (TPSA) is 70.7 Å². The Kier molecular flexibility index (Phi) is 5.96. The van der Waals surface area contributed by atoms with Crippen molar-refractivity contribution in [1.82, 2.24) is 20.5 Å². The van der Waals surface area contributed by atoms with Gasteiger partial charge in [-0.25, -0.2) is 4.98 Å². The highest BCUT2D eigenvalue weighted by Gasteiger charge is 2.10. The lowest BCUT2D eigenvalue weighted by Crippen LogP contribution is -2.26. The number of thioether (sulfide) groups is 1. The number of benzene rings is 2. The van der Waals surface area contributed by atoms with E-state index in [2.05, 4.69) is 20.5 Å². The van der Waals surface area contributed by atoms with Crippen LogP contribution in [0, 0.1) is 0 Å². The summed E-state index contributed by atoms with van der Waals surface area (Å²) in [6.07, 6.45) is 0. The van der Waals surface area contributed by atoms with Crippen LogP contribution >= 0.6 is 35.0 Å². The van der Waals surface area contributed by atoms with Gasteiger partial charge in [0.2, 0.25) is 5.16 Å². The van der Waals surface area contributed by atoms with E-state index >= 15 is 0 Å². The van der Waals surface area contributed by atoms with Crippen LogP contribution in [-0.4, -0.2) is 33.4 Å². The number of H-pyrrole nitrogens is 1. The number of halogens is 2. The minimum atomic E-state index is -0.234. The Morgan fingerprint density at radius 2 is 1.96 bits per heavy atom. The highest BCUT2D eigenvalue weighted by atomic mass is 35.5.